The summed E-state index contributed by atoms with van der Waals surface area (Å²) in [4.78, 5) is 0. The third kappa shape index (κ3) is 6.15. The summed E-state index contributed by atoms with van der Waals surface area (Å²) in [5, 5.41) is 0. The van der Waals surface area contributed by atoms with Crippen molar-refractivity contribution in [1.29, 1.82) is 0 Å². The van der Waals surface area contributed by atoms with Crippen molar-refractivity contribution in [2.75, 3.05) is 19.8 Å². The standard InChI is InChI=1S/C28H42F2O3/c1-3-5-6-7-19-8-10-20(11-9-19)25-15-12-21(16-31-25)23-13-14-24(28(30)27(23)29)22-17-32-26(4-2)33-18-22/h13-14,19-22,25-26H,3-12,15-18H2,1-2H3. The van der Waals surface area contributed by atoms with Gasteiger partial charge in [-0.05, 0) is 55.1 Å². The third-order valence-electron chi connectivity index (χ3n) is 8.27. The summed E-state index contributed by atoms with van der Waals surface area (Å²) >= 11 is 0. The van der Waals surface area contributed by atoms with Crippen molar-refractivity contribution in [1.82, 2.24) is 0 Å². The lowest BCUT2D eigenvalue weighted by Gasteiger charge is -2.38. The molecule has 2 atom stereocenters. The van der Waals surface area contributed by atoms with Gasteiger partial charge in [-0.3, -0.25) is 0 Å². The van der Waals surface area contributed by atoms with Gasteiger partial charge in [-0.2, -0.15) is 0 Å². The van der Waals surface area contributed by atoms with Crippen molar-refractivity contribution >= 4 is 0 Å². The van der Waals surface area contributed by atoms with Gasteiger partial charge >= 0.3 is 0 Å². The Labute approximate surface area is 198 Å². The summed E-state index contributed by atoms with van der Waals surface area (Å²) in [6.07, 6.45) is 13.2. The molecule has 1 saturated carbocycles. The first-order chi connectivity index (χ1) is 16.1. The van der Waals surface area contributed by atoms with Crippen LogP contribution in [-0.2, 0) is 14.2 Å². The van der Waals surface area contributed by atoms with Gasteiger partial charge in [0, 0.05) is 11.8 Å². The molecule has 3 nitrogen and oxygen atoms in total. The summed E-state index contributed by atoms with van der Waals surface area (Å²) in [6.45, 7) is 5.47. The Hall–Kier alpha value is -1.04. The van der Waals surface area contributed by atoms with E-state index in [-0.39, 0.29) is 24.2 Å². The fourth-order valence-corrected chi connectivity index (χ4v) is 6.09. The Kier molecular flexibility index (Phi) is 9.18. The Bertz CT molecular complexity index is 731. The van der Waals surface area contributed by atoms with E-state index in [1.165, 1.54) is 51.4 Å². The highest BCUT2D eigenvalue weighted by atomic mass is 19.2. The zero-order chi connectivity index (χ0) is 23.2. The maximum Gasteiger partial charge on any atom is 0.162 e. The summed E-state index contributed by atoms with van der Waals surface area (Å²) < 4.78 is 47.5. The molecule has 2 unspecified atom stereocenters. The van der Waals surface area contributed by atoms with Gasteiger partial charge in [-0.1, -0.05) is 64.5 Å². The topological polar surface area (TPSA) is 27.7 Å². The molecular formula is C28H42F2O3. The lowest BCUT2D eigenvalue weighted by atomic mass is 9.75. The summed E-state index contributed by atoms with van der Waals surface area (Å²) in [7, 11) is 0. The summed E-state index contributed by atoms with van der Waals surface area (Å²) in [5.41, 5.74) is 0.814. The highest BCUT2D eigenvalue weighted by molar-refractivity contribution is 5.32. The molecule has 5 heteroatoms. The molecule has 0 bridgehead atoms. The van der Waals surface area contributed by atoms with Crippen molar-refractivity contribution < 1.29 is 23.0 Å². The predicted molar refractivity (Wildman–Crippen MR) is 126 cm³/mol. The minimum Gasteiger partial charge on any atom is -0.377 e. The van der Waals surface area contributed by atoms with E-state index in [2.05, 4.69) is 6.92 Å². The molecule has 1 aliphatic carbocycles. The lowest BCUT2D eigenvalue weighted by molar-refractivity contribution is -0.187. The zero-order valence-electron chi connectivity index (χ0n) is 20.5. The second-order valence-electron chi connectivity index (χ2n) is 10.5. The number of hydrogen-bond acceptors (Lipinski definition) is 3. The molecule has 4 rings (SSSR count). The first-order valence-corrected chi connectivity index (χ1v) is 13.4. The molecule has 2 aliphatic heterocycles. The quantitative estimate of drug-likeness (QED) is 0.373. The molecule has 2 heterocycles. The van der Waals surface area contributed by atoms with E-state index in [9.17, 15) is 4.39 Å². The monoisotopic (exact) mass is 464 g/mol. The molecule has 1 aromatic rings. The van der Waals surface area contributed by atoms with Crippen LogP contribution in [-0.4, -0.2) is 32.2 Å². The van der Waals surface area contributed by atoms with Crippen LogP contribution in [0.3, 0.4) is 0 Å². The van der Waals surface area contributed by atoms with E-state index in [1.54, 1.807) is 12.1 Å². The Morgan fingerprint density at radius 2 is 1.39 bits per heavy atom. The smallest absolute Gasteiger partial charge is 0.162 e. The molecular weight excluding hydrogens is 422 g/mol. The number of benzene rings is 1. The molecule has 0 aromatic heterocycles. The fourth-order valence-electron chi connectivity index (χ4n) is 6.09. The van der Waals surface area contributed by atoms with Crippen LogP contribution in [0.4, 0.5) is 8.78 Å². The SMILES string of the molecule is CCCCCC1CCC(C2CCC(c3ccc(C4COC(CC)OC4)c(F)c3F)CO2)CC1. The van der Waals surface area contributed by atoms with E-state index in [0.717, 1.165) is 25.2 Å². The molecule has 0 radical (unpaired) electrons. The van der Waals surface area contributed by atoms with Gasteiger partial charge in [0.1, 0.15) is 0 Å². The van der Waals surface area contributed by atoms with Gasteiger partial charge in [0.2, 0.25) is 0 Å². The average molecular weight is 465 g/mol. The van der Waals surface area contributed by atoms with Gasteiger partial charge < -0.3 is 14.2 Å². The first-order valence-electron chi connectivity index (χ1n) is 13.4. The van der Waals surface area contributed by atoms with Crippen LogP contribution in [0.2, 0.25) is 0 Å². The normalized spacial score (nSPS) is 33.2. The second-order valence-corrected chi connectivity index (χ2v) is 10.5. The van der Waals surface area contributed by atoms with Crippen LogP contribution in [0.5, 0.6) is 0 Å². The van der Waals surface area contributed by atoms with Crippen molar-refractivity contribution in [2.45, 2.75) is 109 Å². The molecule has 3 fully saturated rings. The van der Waals surface area contributed by atoms with Crippen LogP contribution in [0, 0.1) is 23.5 Å². The fraction of sp³-hybridized carbons (Fsp3) is 0.786. The molecule has 2 saturated heterocycles. The summed E-state index contributed by atoms with van der Waals surface area (Å²) in [5.74, 6) is -0.269. The van der Waals surface area contributed by atoms with Crippen molar-refractivity contribution in [3.63, 3.8) is 0 Å². The number of ether oxygens (including phenoxy) is 3. The van der Waals surface area contributed by atoms with E-state index < -0.39 is 11.6 Å². The number of rotatable bonds is 8. The molecule has 0 N–H and O–H groups in total. The summed E-state index contributed by atoms with van der Waals surface area (Å²) in [6, 6.07) is 3.48. The van der Waals surface area contributed by atoms with Crippen molar-refractivity contribution in [2.24, 2.45) is 11.8 Å². The largest absolute Gasteiger partial charge is 0.377 e. The van der Waals surface area contributed by atoms with E-state index >= 15 is 4.39 Å². The molecule has 3 aliphatic rings. The van der Waals surface area contributed by atoms with Crippen molar-refractivity contribution in [3.05, 3.63) is 34.9 Å². The maximum absolute atomic E-state index is 15.1. The Morgan fingerprint density at radius 3 is 1.97 bits per heavy atom. The Morgan fingerprint density at radius 1 is 0.758 bits per heavy atom. The van der Waals surface area contributed by atoms with Crippen molar-refractivity contribution in [3.8, 4) is 0 Å². The lowest BCUT2D eigenvalue weighted by Crippen LogP contribution is -2.34. The van der Waals surface area contributed by atoms with Gasteiger partial charge in [0.05, 0.1) is 25.9 Å². The molecule has 1 aromatic carbocycles. The van der Waals surface area contributed by atoms with Gasteiger partial charge in [0.25, 0.3) is 0 Å². The van der Waals surface area contributed by atoms with E-state index in [1.807, 2.05) is 6.92 Å². The minimum atomic E-state index is -0.747. The third-order valence-corrected chi connectivity index (χ3v) is 8.27. The molecule has 0 spiro atoms. The van der Waals surface area contributed by atoms with Crippen LogP contribution in [0.1, 0.15) is 107 Å². The molecule has 33 heavy (non-hydrogen) atoms. The van der Waals surface area contributed by atoms with E-state index in [4.69, 9.17) is 14.2 Å². The van der Waals surface area contributed by atoms with Crippen LogP contribution < -0.4 is 0 Å². The maximum atomic E-state index is 15.1. The zero-order valence-corrected chi connectivity index (χ0v) is 20.5. The van der Waals surface area contributed by atoms with Crippen LogP contribution in [0.25, 0.3) is 0 Å². The highest BCUT2D eigenvalue weighted by Crippen LogP contribution is 2.40. The van der Waals surface area contributed by atoms with Crippen LogP contribution in [0.15, 0.2) is 12.1 Å². The molecule has 186 valence electrons. The number of halogens is 2. The average Bonchev–Trinajstić information content (AvgIpc) is 2.86. The van der Waals surface area contributed by atoms with Gasteiger partial charge in [-0.25, -0.2) is 8.78 Å². The number of unbranched alkanes of at least 4 members (excludes halogenated alkanes) is 2. The van der Waals surface area contributed by atoms with E-state index in [0.29, 0.717) is 36.9 Å². The highest BCUT2D eigenvalue weighted by Gasteiger charge is 2.34. The second kappa shape index (κ2) is 12.1. The van der Waals surface area contributed by atoms with Gasteiger partial charge in [0.15, 0.2) is 17.9 Å². The predicted octanol–water partition coefficient (Wildman–Crippen LogP) is 7.48. The first kappa shape index (κ1) is 25.1. The van der Waals surface area contributed by atoms with Gasteiger partial charge in [-0.15, -0.1) is 0 Å². The Balaban J connectivity index is 1.28. The number of hydrogen-bond donors (Lipinski definition) is 0. The van der Waals surface area contributed by atoms with Crippen LogP contribution >= 0.6 is 0 Å². The minimum absolute atomic E-state index is 0.0708. The molecule has 0 amide bonds.